The molecular weight excluding hydrogens is 322 g/mol. The number of rotatable bonds is 4. The zero-order valence-corrected chi connectivity index (χ0v) is 13.8. The second-order valence-electron chi connectivity index (χ2n) is 5.70. The molecule has 2 aliphatic heterocycles. The van der Waals surface area contributed by atoms with E-state index in [-0.39, 0.29) is 16.9 Å². The van der Waals surface area contributed by atoms with Crippen LogP contribution in [0.5, 0.6) is 0 Å². The minimum absolute atomic E-state index is 0.107. The molecule has 9 heteroatoms. The quantitative estimate of drug-likeness (QED) is 0.753. The van der Waals surface area contributed by atoms with E-state index in [0.29, 0.717) is 13.1 Å². The van der Waals surface area contributed by atoms with Gasteiger partial charge in [0.2, 0.25) is 10.9 Å². The fourth-order valence-corrected chi connectivity index (χ4v) is 4.47. The number of esters is 1. The number of methoxy groups -OCH3 is 1. The zero-order chi connectivity index (χ0) is 16.4. The molecule has 1 N–H and O–H groups in total. The summed E-state index contributed by atoms with van der Waals surface area (Å²) < 4.78 is 36.4. The Labute approximate surface area is 135 Å². The first-order valence-corrected chi connectivity index (χ1v) is 9.09. The van der Waals surface area contributed by atoms with Gasteiger partial charge in [-0.3, -0.25) is 4.90 Å². The molecule has 2 fully saturated rings. The number of hydrogen-bond acceptors (Lipinski definition) is 7. The predicted octanol–water partition coefficient (Wildman–Crippen LogP) is -0.266. The number of furan rings is 1. The molecule has 3 rings (SSSR count). The van der Waals surface area contributed by atoms with Gasteiger partial charge in [0.1, 0.15) is 0 Å². The molecule has 2 aliphatic rings. The molecule has 3 heterocycles. The molecule has 0 saturated carbocycles. The third-order valence-electron chi connectivity index (χ3n) is 4.36. The Morgan fingerprint density at radius 3 is 2.74 bits per heavy atom. The van der Waals surface area contributed by atoms with Crippen molar-refractivity contribution in [2.24, 2.45) is 0 Å². The van der Waals surface area contributed by atoms with Gasteiger partial charge < -0.3 is 14.5 Å². The summed E-state index contributed by atoms with van der Waals surface area (Å²) in [5.74, 6) is -0.796. The van der Waals surface area contributed by atoms with Gasteiger partial charge in [0.05, 0.1) is 7.11 Å². The molecular formula is C14H21N3O5S. The molecule has 0 radical (unpaired) electrons. The van der Waals surface area contributed by atoms with Crippen molar-refractivity contribution in [3.05, 3.63) is 17.9 Å². The molecule has 0 aromatic carbocycles. The predicted molar refractivity (Wildman–Crippen MR) is 81.7 cm³/mol. The summed E-state index contributed by atoms with van der Waals surface area (Å²) in [6.07, 6.45) is 0.809. The van der Waals surface area contributed by atoms with Gasteiger partial charge in [0, 0.05) is 45.3 Å². The topological polar surface area (TPSA) is 92.1 Å². The number of carbonyl (C=O) groups excluding carboxylic acids is 1. The molecule has 128 valence electrons. The highest BCUT2D eigenvalue weighted by Gasteiger charge is 2.37. The smallest absolute Gasteiger partial charge is 0.374 e. The van der Waals surface area contributed by atoms with Crippen molar-refractivity contribution in [3.63, 3.8) is 0 Å². The molecule has 0 bridgehead atoms. The fourth-order valence-electron chi connectivity index (χ4n) is 3.07. The number of sulfonamides is 1. The molecule has 0 amide bonds. The second kappa shape index (κ2) is 6.60. The van der Waals surface area contributed by atoms with Crippen molar-refractivity contribution in [2.45, 2.75) is 17.6 Å². The van der Waals surface area contributed by atoms with Crippen molar-refractivity contribution in [3.8, 4) is 0 Å². The average molecular weight is 343 g/mol. The first-order valence-electron chi connectivity index (χ1n) is 7.65. The molecule has 0 aliphatic carbocycles. The monoisotopic (exact) mass is 343 g/mol. The second-order valence-corrected chi connectivity index (χ2v) is 7.57. The van der Waals surface area contributed by atoms with Crippen LogP contribution in [0.2, 0.25) is 0 Å². The maximum Gasteiger partial charge on any atom is 0.374 e. The molecule has 1 unspecified atom stereocenters. The Kier molecular flexibility index (Phi) is 4.72. The van der Waals surface area contributed by atoms with E-state index in [1.54, 1.807) is 0 Å². The summed E-state index contributed by atoms with van der Waals surface area (Å²) in [5.41, 5.74) is 0. The minimum Gasteiger partial charge on any atom is -0.463 e. The average Bonchev–Trinajstić information content (AvgIpc) is 3.25. The SMILES string of the molecule is COC(=O)c1ccc(S(=O)(=O)N2CCC(N3CCNCC3)C2)o1. The van der Waals surface area contributed by atoms with E-state index in [1.165, 1.54) is 23.5 Å². The summed E-state index contributed by atoms with van der Waals surface area (Å²) in [4.78, 5) is 13.7. The summed E-state index contributed by atoms with van der Waals surface area (Å²) in [5, 5.41) is 3.08. The molecule has 8 nitrogen and oxygen atoms in total. The Hall–Kier alpha value is -1.42. The first kappa shape index (κ1) is 16.4. The Morgan fingerprint density at radius 1 is 1.30 bits per heavy atom. The van der Waals surface area contributed by atoms with Gasteiger partial charge in [-0.1, -0.05) is 0 Å². The van der Waals surface area contributed by atoms with Gasteiger partial charge in [-0.2, -0.15) is 4.31 Å². The number of piperazine rings is 1. The highest BCUT2D eigenvalue weighted by molar-refractivity contribution is 7.89. The maximum atomic E-state index is 12.6. The van der Waals surface area contributed by atoms with Gasteiger partial charge in [0.25, 0.3) is 10.0 Å². The van der Waals surface area contributed by atoms with Crippen molar-refractivity contribution >= 4 is 16.0 Å². The highest BCUT2D eigenvalue weighted by atomic mass is 32.2. The van der Waals surface area contributed by atoms with Crippen LogP contribution in [0.15, 0.2) is 21.6 Å². The lowest BCUT2D eigenvalue weighted by atomic mass is 10.2. The van der Waals surface area contributed by atoms with Crippen LogP contribution in [0.1, 0.15) is 17.0 Å². The van der Waals surface area contributed by atoms with Crippen LogP contribution >= 0.6 is 0 Å². The fraction of sp³-hybridized carbons (Fsp3) is 0.643. The molecule has 1 atom stereocenters. The van der Waals surface area contributed by atoms with Crippen LogP contribution in [0, 0.1) is 0 Å². The maximum absolute atomic E-state index is 12.6. The van der Waals surface area contributed by atoms with Crippen molar-refractivity contribution < 1.29 is 22.4 Å². The molecule has 0 spiro atoms. The van der Waals surface area contributed by atoms with Crippen LogP contribution < -0.4 is 5.32 Å². The van der Waals surface area contributed by atoms with Crippen LogP contribution in [-0.4, -0.2) is 76.0 Å². The minimum atomic E-state index is -3.71. The third kappa shape index (κ3) is 3.27. The highest BCUT2D eigenvalue weighted by Crippen LogP contribution is 2.25. The third-order valence-corrected chi connectivity index (χ3v) is 6.10. The van der Waals surface area contributed by atoms with Crippen LogP contribution in [0.25, 0.3) is 0 Å². The van der Waals surface area contributed by atoms with Gasteiger partial charge in [0.15, 0.2) is 0 Å². The number of ether oxygens (including phenoxy) is 1. The summed E-state index contributed by atoms with van der Waals surface area (Å²) >= 11 is 0. The Balaban J connectivity index is 1.70. The summed E-state index contributed by atoms with van der Waals surface area (Å²) in [7, 11) is -2.49. The van der Waals surface area contributed by atoms with Crippen LogP contribution in [0.4, 0.5) is 0 Å². The normalized spacial score (nSPS) is 24.0. The van der Waals surface area contributed by atoms with E-state index in [0.717, 1.165) is 32.6 Å². The van der Waals surface area contributed by atoms with Crippen LogP contribution in [-0.2, 0) is 14.8 Å². The standard InChI is InChI=1S/C14H21N3O5S/c1-21-14(18)12-2-3-13(22-12)23(19,20)17-7-4-11(10-17)16-8-5-15-6-9-16/h2-3,11,15H,4-10H2,1H3. The largest absolute Gasteiger partial charge is 0.463 e. The first-order chi connectivity index (χ1) is 11.0. The van der Waals surface area contributed by atoms with Crippen LogP contribution in [0.3, 0.4) is 0 Å². The number of nitrogens with zero attached hydrogens (tertiary/aromatic N) is 2. The number of hydrogen-bond donors (Lipinski definition) is 1. The van der Waals surface area contributed by atoms with E-state index >= 15 is 0 Å². The van der Waals surface area contributed by atoms with Crippen molar-refractivity contribution in [1.82, 2.24) is 14.5 Å². The van der Waals surface area contributed by atoms with E-state index < -0.39 is 16.0 Å². The lowest BCUT2D eigenvalue weighted by Gasteiger charge is -2.32. The Morgan fingerprint density at radius 2 is 2.04 bits per heavy atom. The van der Waals surface area contributed by atoms with Crippen molar-refractivity contribution in [2.75, 3.05) is 46.4 Å². The van der Waals surface area contributed by atoms with E-state index in [2.05, 4.69) is 15.0 Å². The van der Waals surface area contributed by atoms with Gasteiger partial charge in [-0.15, -0.1) is 0 Å². The molecule has 23 heavy (non-hydrogen) atoms. The van der Waals surface area contributed by atoms with E-state index in [9.17, 15) is 13.2 Å². The van der Waals surface area contributed by atoms with Crippen molar-refractivity contribution in [1.29, 1.82) is 0 Å². The molecule has 2 saturated heterocycles. The van der Waals surface area contributed by atoms with Gasteiger partial charge in [-0.25, -0.2) is 13.2 Å². The molecule has 1 aromatic rings. The zero-order valence-electron chi connectivity index (χ0n) is 13.0. The van der Waals surface area contributed by atoms with E-state index in [1.807, 2.05) is 0 Å². The van der Waals surface area contributed by atoms with E-state index in [4.69, 9.17) is 4.42 Å². The van der Waals surface area contributed by atoms with Gasteiger partial charge >= 0.3 is 5.97 Å². The Bertz CT molecular complexity index is 666. The number of carbonyl (C=O) groups is 1. The molecule has 1 aromatic heterocycles. The summed E-state index contributed by atoms with van der Waals surface area (Å²) in [6, 6.07) is 2.87. The summed E-state index contributed by atoms with van der Waals surface area (Å²) in [6.45, 7) is 4.66. The lowest BCUT2D eigenvalue weighted by Crippen LogP contribution is -2.49. The number of nitrogens with one attached hydrogen (secondary N) is 1. The van der Waals surface area contributed by atoms with Gasteiger partial charge in [-0.05, 0) is 18.6 Å². The lowest BCUT2D eigenvalue weighted by molar-refractivity contribution is 0.0558.